The Hall–Kier alpha value is -1.09. The molecule has 0 amide bonds. The van der Waals surface area contributed by atoms with Gasteiger partial charge < -0.3 is 10.1 Å². The summed E-state index contributed by atoms with van der Waals surface area (Å²) in [5.74, 6) is 1.56. The molecule has 0 aliphatic heterocycles. The first-order valence-corrected chi connectivity index (χ1v) is 7.14. The minimum atomic E-state index is 0.645. The molecule has 1 saturated carbocycles. The van der Waals surface area contributed by atoms with Crippen LogP contribution in [0.1, 0.15) is 51.0 Å². The van der Waals surface area contributed by atoms with E-state index in [-0.39, 0.29) is 0 Å². The largest absolute Gasteiger partial charge is 0.492 e. The van der Waals surface area contributed by atoms with Crippen LogP contribution in [0.4, 0.5) is 0 Å². The van der Waals surface area contributed by atoms with Gasteiger partial charge >= 0.3 is 0 Å². The van der Waals surface area contributed by atoms with Crippen molar-refractivity contribution in [1.82, 2.24) is 10.3 Å². The number of pyridine rings is 1. The van der Waals surface area contributed by atoms with E-state index in [0.717, 1.165) is 25.3 Å². The van der Waals surface area contributed by atoms with Crippen LogP contribution >= 0.6 is 0 Å². The van der Waals surface area contributed by atoms with E-state index in [1.165, 1.54) is 24.8 Å². The van der Waals surface area contributed by atoms with Crippen LogP contribution in [0.3, 0.4) is 0 Å². The topological polar surface area (TPSA) is 34.1 Å². The predicted molar refractivity (Wildman–Crippen MR) is 74.1 cm³/mol. The summed E-state index contributed by atoms with van der Waals surface area (Å²) in [4.78, 5) is 4.31. The van der Waals surface area contributed by atoms with Crippen molar-refractivity contribution in [1.29, 1.82) is 0 Å². The highest BCUT2D eigenvalue weighted by Gasteiger charge is 2.25. The summed E-state index contributed by atoms with van der Waals surface area (Å²) in [7, 11) is 0. The molecule has 2 unspecified atom stereocenters. The van der Waals surface area contributed by atoms with Crippen LogP contribution in [0.25, 0.3) is 0 Å². The molecule has 18 heavy (non-hydrogen) atoms. The Balaban J connectivity index is 1.96. The Bertz CT molecular complexity index is 367. The standard InChI is InChI=1S/C15H24N2O/c1-3-7-18-15-9-13(10-16-11-15)12-5-6-14(8-12)17-4-2/h9-12,14,17H,3-8H2,1-2H3. The zero-order chi connectivity index (χ0) is 12.8. The second-order valence-corrected chi connectivity index (χ2v) is 5.07. The molecule has 0 bridgehead atoms. The van der Waals surface area contributed by atoms with Gasteiger partial charge in [-0.05, 0) is 49.8 Å². The fourth-order valence-corrected chi connectivity index (χ4v) is 2.72. The highest BCUT2D eigenvalue weighted by atomic mass is 16.5. The Morgan fingerprint density at radius 1 is 1.33 bits per heavy atom. The summed E-state index contributed by atoms with van der Waals surface area (Å²) in [5.41, 5.74) is 1.34. The molecule has 0 spiro atoms. The lowest BCUT2D eigenvalue weighted by atomic mass is 9.99. The smallest absolute Gasteiger partial charge is 0.137 e. The first-order chi connectivity index (χ1) is 8.83. The SMILES string of the molecule is CCCOc1cncc(C2CCC(NCC)C2)c1. The summed E-state index contributed by atoms with van der Waals surface area (Å²) < 4.78 is 5.65. The van der Waals surface area contributed by atoms with Crippen molar-refractivity contribution in [2.75, 3.05) is 13.2 Å². The molecule has 1 aromatic heterocycles. The van der Waals surface area contributed by atoms with Gasteiger partial charge in [-0.2, -0.15) is 0 Å². The molecule has 0 radical (unpaired) electrons. The van der Waals surface area contributed by atoms with Crippen molar-refractivity contribution in [3.8, 4) is 5.75 Å². The predicted octanol–water partition coefficient (Wildman–Crippen LogP) is 3.12. The van der Waals surface area contributed by atoms with Crippen LogP contribution in [0.2, 0.25) is 0 Å². The average molecular weight is 248 g/mol. The van der Waals surface area contributed by atoms with Crippen molar-refractivity contribution in [3.63, 3.8) is 0 Å². The van der Waals surface area contributed by atoms with Gasteiger partial charge in [0.1, 0.15) is 5.75 Å². The first-order valence-electron chi connectivity index (χ1n) is 7.14. The normalized spacial score (nSPS) is 23.2. The second kappa shape index (κ2) is 6.74. The number of hydrogen-bond acceptors (Lipinski definition) is 3. The van der Waals surface area contributed by atoms with Gasteiger partial charge in [-0.1, -0.05) is 13.8 Å². The fourth-order valence-electron chi connectivity index (χ4n) is 2.72. The molecule has 1 aliphatic carbocycles. The molecule has 1 heterocycles. The van der Waals surface area contributed by atoms with E-state index in [1.807, 2.05) is 12.4 Å². The Kier molecular flexibility index (Phi) is 5.00. The maximum atomic E-state index is 5.65. The molecule has 2 rings (SSSR count). The Labute approximate surface area is 110 Å². The zero-order valence-electron chi connectivity index (χ0n) is 11.5. The Morgan fingerprint density at radius 2 is 2.22 bits per heavy atom. The van der Waals surface area contributed by atoms with Gasteiger partial charge in [0.05, 0.1) is 12.8 Å². The van der Waals surface area contributed by atoms with E-state index in [0.29, 0.717) is 12.0 Å². The maximum Gasteiger partial charge on any atom is 0.137 e. The third kappa shape index (κ3) is 3.45. The van der Waals surface area contributed by atoms with E-state index in [9.17, 15) is 0 Å². The van der Waals surface area contributed by atoms with E-state index in [2.05, 4.69) is 30.2 Å². The summed E-state index contributed by atoms with van der Waals surface area (Å²) in [6, 6.07) is 2.85. The van der Waals surface area contributed by atoms with E-state index >= 15 is 0 Å². The number of hydrogen-bond donors (Lipinski definition) is 1. The van der Waals surface area contributed by atoms with Gasteiger partial charge in [-0.15, -0.1) is 0 Å². The number of rotatable bonds is 6. The highest BCUT2D eigenvalue weighted by molar-refractivity contribution is 5.27. The molecule has 1 N–H and O–H groups in total. The van der Waals surface area contributed by atoms with Crippen molar-refractivity contribution in [3.05, 3.63) is 24.0 Å². The number of nitrogens with zero attached hydrogens (tertiary/aromatic N) is 1. The van der Waals surface area contributed by atoms with Crippen molar-refractivity contribution in [2.24, 2.45) is 0 Å². The maximum absolute atomic E-state index is 5.65. The highest BCUT2D eigenvalue weighted by Crippen LogP contribution is 2.35. The number of aromatic nitrogens is 1. The lowest BCUT2D eigenvalue weighted by molar-refractivity contribution is 0.315. The number of ether oxygens (including phenoxy) is 1. The molecule has 1 aromatic rings. The zero-order valence-corrected chi connectivity index (χ0v) is 11.5. The molecule has 0 saturated heterocycles. The van der Waals surface area contributed by atoms with Crippen molar-refractivity contribution < 1.29 is 4.74 Å². The first kappa shape index (κ1) is 13.3. The van der Waals surface area contributed by atoms with Crippen LogP contribution < -0.4 is 10.1 Å². The molecular formula is C15H24N2O. The monoisotopic (exact) mass is 248 g/mol. The lowest BCUT2D eigenvalue weighted by Crippen LogP contribution is -2.25. The van der Waals surface area contributed by atoms with Crippen LogP contribution in [0.5, 0.6) is 5.75 Å². The number of nitrogens with one attached hydrogen (secondary N) is 1. The van der Waals surface area contributed by atoms with Crippen LogP contribution in [-0.2, 0) is 0 Å². The molecule has 1 aliphatic rings. The third-order valence-electron chi connectivity index (χ3n) is 3.60. The molecule has 1 fully saturated rings. The average Bonchev–Trinajstić information content (AvgIpc) is 2.86. The molecule has 3 nitrogen and oxygen atoms in total. The van der Waals surface area contributed by atoms with Crippen molar-refractivity contribution >= 4 is 0 Å². The molecule has 2 atom stereocenters. The minimum absolute atomic E-state index is 0.645. The van der Waals surface area contributed by atoms with Crippen LogP contribution in [0, 0.1) is 0 Å². The quantitative estimate of drug-likeness (QED) is 0.840. The summed E-state index contributed by atoms with van der Waals surface area (Å²) in [5, 5.41) is 3.54. The van der Waals surface area contributed by atoms with Gasteiger partial charge in [-0.25, -0.2) is 0 Å². The summed E-state index contributed by atoms with van der Waals surface area (Å²) in [6.45, 7) is 6.13. The molecule has 3 heteroatoms. The molecule has 100 valence electrons. The van der Waals surface area contributed by atoms with Gasteiger partial charge in [0, 0.05) is 12.2 Å². The molecule has 0 aromatic carbocycles. The van der Waals surface area contributed by atoms with E-state index in [1.54, 1.807) is 0 Å². The van der Waals surface area contributed by atoms with Gasteiger partial charge in [-0.3, -0.25) is 4.98 Å². The second-order valence-electron chi connectivity index (χ2n) is 5.07. The van der Waals surface area contributed by atoms with Gasteiger partial charge in [0.25, 0.3) is 0 Å². The van der Waals surface area contributed by atoms with Gasteiger partial charge in [0.2, 0.25) is 0 Å². The summed E-state index contributed by atoms with van der Waals surface area (Å²) >= 11 is 0. The third-order valence-corrected chi connectivity index (χ3v) is 3.60. The van der Waals surface area contributed by atoms with Gasteiger partial charge in [0.15, 0.2) is 0 Å². The van der Waals surface area contributed by atoms with Crippen LogP contribution in [0.15, 0.2) is 18.5 Å². The lowest BCUT2D eigenvalue weighted by Gasteiger charge is -2.13. The minimum Gasteiger partial charge on any atom is -0.492 e. The van der Waals surface area contributed by atoms with E-state index in [4.69, 9.17) is 4.74 Å². The summed E-state index contributed by atoms with van der Waals surface area (Å²) in [6.07, 6.45) is 8.62. The van der Waals surface area contributed by atoms with E-state index < -0.39 is 0 Å². The molecular weight excluding hydrogens is 224 g/mol. The van der Waals surface area contributed by atoms with Crippen molar-refractivity contribution in [2.45, 2.75) is 51.5 Å². The Morgan fingerprint density at radius 3 is 3.00 bits per heavy atom. The fraction of sp³-hybridized carbons (Fsp3) is 0.667. The van der Waals surface area contributed by atoms with Crippen LogP contribution in [-0.4, -0.2) is 24.2 Å².